The van der Waals surface area contributed by atoms with Crippen molar-refractivity contribution in [1.82, 2.24) is 5.43 Å². The number of carboxylic acids is 1. The fourth-order valence-electron chi connectivity index (χ4n) is 1.08. The molecule has 0 aliphatic rings. The fourth-order valence-corrected chi connectivity index (χ4v) is 1.08. The van der Waals surface area contributed by atoms with Crippen LogP contribution in [0.25, 0.3) is 0 Å². The van der Waals surface area contributed by atoms with Gasteiger partial charge in [0.15, 0.2) is 0 Å². The lowest BCUT2D eigenvalue weighted by atomic mass is 10.2. The molecule has 8 heteroatoms. The molecular formula is C10H9N5O3. The van der Waals surface area contributed by atoms with E-state index in [9.17, 15) is 9.59 Å². The molecule has 0 fully saturated rings. The van der Waals surface area contributed by atoms with Crippen molar-refractivity contribution >= 4 is 23.3 Å². The first-order valence-electron chi connectivity index (χ1n) is 4.67. The second-order valence-electron chi connectivity index (χ2n) is 3.01. The summed E-state index contributed by atoms with van der Waals surface area (Å²) in [5, 5.41) is 21.0. The predicted molar refractivity (Wildman–Crippen MR) is 62.4 cm³/mol. The summed E-state index contributed by atoms with van der Waals surface area (Å²) < 4.78 is 0. The molecule has 8 nitrogen and oxygen atoms in total. The number of hydrogen-bond donors (Lipinski definition) is 4. The van der Waals surface area contributed by atoms with Gasteiger partial charge in [0.25, 0.3) is 5.91 Å². The smallest absolute Gasteiger partial charge is 0.337 e. The molecule has 0 saturated carbocycles. The van der Waals surface area contributed by atoms with Crippen molar-refractivity contribution in [3.05, 3.63) is 29.8 Å². The highest BCUT2D eigenvalue weighted by atomic mass is 16.4. The van der Waals surface area contributed by atoms with Crippen LogP contribution in [-0.4, -0.2) is 22.7 Å². The molecule has 0 bridgehead atoms. The van der Waals surface area contributed by atoms with Crippen molar-refractivity contribution in [2.45, 2.75) is 0 Å². The molecule has 1 aromatic rings. The van der Waals surface area contributed by atoms with Gasteiger partial charge in [-0.1, -0.05) is 12.1 Å². The molecule has 0 radical (unpaired) electrons. The Morgan fingerprint density at radius 2 is 2.06 bits per heavy atom. The molecule has 0 saturated heterocycles. The second-order valence-corrected chi connectivity index (χ2v) is 3.01. The van der Waals surface area contributed by atoms with Crippen molar-refractivity contribution in [2.24, 2.45) is 10.9 Å². The number of aromatic carboxylic acids is 1. The van der Waals surface area contributed by atoms with E-state index in [0.29, 0.717) is 0 Å². The quantitative estimate of drug-likeness (QED) is 0.248. The van der Waals surface area contributed by atoms with Crippen LogP contribution < -0.4 is 16.7 Å². The summed E-state index contributed by atoms with van der Waals surface area (Å²) in [5.74, 6) is 2.81. The van der Waals surface area contributed by atoms with Gasteiger partial charge in [-0.25, -0.2) is 10.6 Å². The molecule has 0 aliphatic carbocycles. The van der Waals surface area contributed by atoms with E-state index < -0.39 is 17.6 Å². The van der Waals surface area contributed by atoms with Gasteiger partial charge in [0.2, 0.25) is 5.71 Å². The van der Waals surface area contributed by atoms with Crippen LogP contribution in [0.15, 0.2) is 29.4 Å². The van der Waals surface area contributed by atoms with Crippen molar-refractivity contribution in [1.29, 1.82) is 5.26 Å². The number of nitrogens with two attached hydrogens (primary N) is 1. The van der Waals surface area contributed by atoms with E-state index in [2.05, 4.69) is 10.5 Å². The number of nitrogens with zero attached hydrogens (tertiary/aromatic N) is 2. The Kier molecular flexibility index (Phi) is 4.36. The third-order valence-corrected chi connectivity index (χ3v) is 1.90. The van der Waals surface area contributed by atoms with E-state index in [0.717, 1.165) is 0 Å². The molecule has 0 aromatic heterocycles. The summed E-state index contributed by atoms with van der Waals surface area (Å²) >= 11 is 0. The minimum atomic E-state index is -1.16. The highest BCUT2D eigenvalue weighted by Gasteiger charge is 2.11. The van der Waals surface area contributed by atoms with Crippen LogP contribution >= 0.6 is 0 Å². The van der Waals surface area contributed by atoms with Crippen LogP contribution in [0, 0.1) is 11.3 Å². The predicted octanol–water partition coefficient (Wildman–Crippen LogP) is -0.334. The summed E-state index contributed by atoms with van der Waals surface area (Å²) in [6.07, 6.45) is 0. The van der Waals surface area contributed by atoms with Gasteiger partial charge in [-0.15, -0.1) is 0 Å². The summed E-state index contributed by atoms with van der Waals surface area (Å²) in [5.41, 5.74) is 3.67. The fraction of sp³-hybridized carbons (Fsp3) is 0. The summed E-state index contributed by atoms with van der Waals surface area (Å²) in [7, 11) is 0. The lowest BCUT2D eigenvalue weighted by Crippen LogP contribution is -2.36. The SMILES string of the molecule is N#C/C(=N/Nc1ccccc1C(=O)O)C(=O)NN. The van der Waals surface area contributed by atoms with Gasteiger partial charge in [-0.05, 0) is 12.1 Å². The molecule has 0 heterocycles. The maximum Gasteiger partial charge on any atom is 0.337 e. The third-order valence-electron chi connectivity index (χ3n) is 1.90. The van der Waals surface area contributed by atoms with Gasteiger partial charge in [0, 0.05) is 0 Å². The first kappa shape index (κ1) is 13.1. The maximum atomic E-state index is 11.0. The lowest BCUT2D eigenvalue weighted by Gasteiger charge is -2.04. The highest BCUT2D eigenvalue weighted by molar-refractivity contribution is 6.45. The zero-order valence-electron chi connectivity index (χ0n) is 9.04. The topological polar surface area (TPSA) is 141 Å². The minimum Gasteiger partial charge on any atom is -0.478 e. The maximum absolute atomic E-state index is 11.0. The van der Waals surface area contributed by atoms with Crippen LogP contribution in [0.1, 0.15) is 10.4 Å². The van der Waals surface area contributed by atoms with E-state index in [-0.39, 0.29) is 11.3 Å². The van der Waals surface area contributed by atoms with E-state index >= 15 is 0 Å². The number of carbonyl (C=O) groups excluding carboxylic acids is 1. The molecule has 1 aromatic carbocycles. The van der Waals surface area contributed by atoms with Crippen molar-refractivity contribution in [2.75, 3.05) is 5.43 Å². The number of amides is 1. The standard InChI is InChI=1S/C10H9N5O3/c11-5-8(9(16)13-12)15-14-7-4-2-1-3-6(7)10(17)18/h1-4,14H,12H2,(H,13,16)(H,17,18)/b15-8-. The van der Waals surface area contributed by atoms with Gasteiger partial charge in [0.1, 0.15) is 6.07 Å². The molecule has 92 valence electrons. The van der Waals surface area contributed by atoms with Gasteiger partial charge >= 0.3 is 5.97 Å². The molecule has 5 N–H and O–H groups in total. The first-order chi connectivity index (χ1) is 8.60. The van der Waals surface area contributed by atoms with Gasteiger partial charge < -0.3 is 5.11 Å². The number of nitrogens with one attached hydrogen (secondary N) is 2. The molecule has 0 unspecified atom stereocenters. The van der Waals surface area contributed by atoms with Crippen molar-refractivity contribution < 1.29 is 14.7 Å². The van der Waals surface area contributed by atoms with E-state index in [1.165, 1.54) is 24.3 Å². The number of hydrazone groups is 1. The van der Waals surface area contributed by atoms with Gasteiger partial charge in [-0.2, -0.15) is 10.4 Å². The van der Waals surface area contributed by atoms with E-state index in [1.54, 1.807) is 11.5 Å². The number of anilines is 1. The summed E-state index contributed by atoms with van der Waals surface area (Å²) in [6.45, 7) is 0. The van der Waals surface area contributed by atoms with Crippen molar-refractivity contribution in [3.63, 3.8) is 0 Å². The molecule has 18 heavy (non-hydrogen) atoms. The normalized spacial score (nSPS) is 10.3. The number of carbonyl (C=O) groups is 2. The van der Waals surface area contributed by atoms with E-state index in [4.69, 9.17) is 16.2 Å². The monoisotopic (exact) mass is 247 g/mol. The molecule has 0 aliphatic heterocycles. The number of carboxylic acid groups (broad SMARTS) is 1. The Hall–Kier alpha value is -2.92. The number of hydrazine groups is 1. The average Bonchev–Trinajstić information content (AvgIpc) is 2.39. The molecule has 1 amide bonds. The number of para-hydroxylation sites is 1. The Bertz CT molecular complexity index is 547. The summed E-state index contributed by atoms with van der Waals surface area (Å²) in [6, 6.07) is 7.44. The Morgan fingerprint density at radius 3 is 2.61 bits per heavy atom. The molecule has 0 spiro atoms. The van der Waals surface area contributed by atoms with Crippen LogP contribution in [0.2, 0.25) is 0 Å². The number of rotatable bonds is 4. The van der Waals surface area contributed by atoms with E-state index in [1.807, 2.05) is 0 Å². The van der Waals surface area contributed by atoms with Crippen LogP contribution in [-0.2, 0) is 4.79 Å². The Labute approximate surface area is 102 Å². The van der Waals surface area contributed by atoms with Crippen LogP contribution in [0.5, 0.6) is 0 Å². The van der Waals surface area contributed by atoms with Crippen LogP contribution in [0.3, 0.4) is 0 Å². The minimum absolute atomic E-state index is 0.0355. The highest BCUT2D eigenvalue weighted by Crippen LogP contribution is 2.14. The third kappa shape index (κ3) is 3.03. The zero-order chi connectivity index (χ0) is 13.5. The van der Waals surface area contributed by atoms with Crippen LogP contribution in [0.4, 0.5) is 5.69 Å². The number of benzene rings is 1. The largest absolute Gasteiger partial charge is 0.478 e. The zero-order valence-corrected chi connectivity index (χ0v) is 9.04. The molecule has 0 atom stereocenters. The lowest BCUT2D eigenvalue weighted by molar-refractivity contribution is -0.114. The average molecular weight is 247 g/mol. The Balaban J connectivity index is 2.99. The molecule has 1 rings (SSSR count). The van der Waals surface area contributed by atoms with Gasteiger partial charge in [-0.3, -0.25) is 15.6 Å². The van der Waals surface area contributed by atoms with Gasteiger partial charge in [0.05, 0.1) is 11.3 Å². The number of hydrogen-bond acceptors (Lipinski definition) is 6. The number of nitriles is 1. The molecular weight excluding hydrogens is 238 g/mol. The van der Waals surface area contributed by atoms with Crippen molar-refractivity contribution in [3.8, 4) is 6.07 Å². The summed E-state index contributed by atoms with van der Waals surface area (Å²) in [4.78, 5) is 21.9. The first-order valence-corrected chi connectivity index (χ1v) is 4.67. The second kappa shape index (κ2) is 5.97. The Morgan fingerprint density at radius 1 is 1.39 bits per heavy atom.